The maximum atomic E-state index is 4.44. The van der Waals surface area contributed by atoms with Crippen LogP contribution in [-0.2, 0) is 0 Å². The van der Waals surface area contributed by atoms with E-state index in [2.05, 4.69) is 33.0 Å². The Bertz CT molecular complexity index is 405. The second-order valence-corrected chi connectivity index (χ2v) is 6.39. The summed E-state index contributed by atoms with van der Waals surface area (Å²) in [6.45, 7) is 2.01. The van der Waals surface area contributed by atoms with Gasteiger partial charge in [-0.3, -0.25) is 0 Å². The summed E-state index contributed by atoms with van der Waals surface area (Å²) in [6.07, 6.45) is 0. The van der Waals surface area contributed by atoms with E-state index in [1.165, 1.54) is 4.90 Å². The molecule has 0 radical (unpaired) electrons. The SMILES string of the molecule is Cc1nc(Sc2ccccc2)sc1Br. The standard InChI is InChI=1S/C10H8BrNS2/c1-7-9(11)14-10(12-7)13-8-5-3-2-4-6-8/h2-6H,1H3. The summed E-state index contributed by atoms with van der Waals surface area (Å²) in [5.41, 5.74) is 1.06. The first-order valence-corrected chi connectivity index (χ1v) is 6.54. The van der Waals surface area contributed by atoms with Crippen molar-refractivity contribution >= 4 is 39.0 Å². The van der Waals surface area contributed by atoms with E-state index in [1.54, 1.807) is 23.1 Å². The van der Waals surface area contributed by atoms with Gasteiger partial charge in [0.25, 0.3) is 0 Å². The number of aryl methyl sites for hydroxylation is 1. The van der Waals surface area contributed by atoms with Crippen molar-refractivity contribution < 1.29 is 0 Å². The van der Waals surface area contributed by atoms with Crippen LogP contribution < -0.4 is 0 Å². The average Bonchev–Trinajstić information content (AvgIpc) is 2.47. The highest BCUT2D eigenvalue weighted by molar-refractivity contribution is 9.11. The van der Waals surface area contributed by atoms with Crippen LogP contribution in [0.2, 0.25) is 0 Å². The van der Waals surface area contributed by atoms with Gasteiger partial charge in [-0.05, 0) is 35.0 Å². The van der Waals surface area contributed by atoms with E-state index < -0.39 is 0 Å². The molecule has 1 heterocycles. The van der Waals surface area contributed by atoms with Gasteiger partial charge in [0, 0.05) is 4.90 Å². The Labute approximate surface area is 99.7 Å². The lowest BCUT2D eigenvalue weighted by molar-refractivity contribution is 1.15. The summed E-state index contributed by atoms with van der Waals surface area (Å²) in [4.78, 5) is 5.67. The molecule has 2 rings (SSSR count). The van der Waals surface area contributed by atoms with E-state index in [0.29, 0.717) is 0 Å². The molecule has 0 bridgehead atoms. The first-order chi connectivity index (χ1) is 6.75. The molecule has 0 aliphatic carbocycles. The van der Waals surface area contributed by atoms with Crippen LogP contribution in [0.3, 0.4) is 0 Å². The van der Waals surface area contributed by atoms with Crippen LogP contribution >= 0.6 is 39.0 Å². The van der Waals surface area contributed by atoms with E-state index in [9.17, 15) is 0 Å². The third-order valence-corrected chi connectivity index (χ3v) is 4.74. The number of benzene rings is 1. The fraction of sp³-hybridized carbons (Fsp3) is 0.100. The molecule has 1 nitrogen and oxygen atoms in total. The second kappa shape index (κ2) is 4.47. The van der Waals surface area contributed by atoms with Crippen molar-refractivity contribution in [2.24, 2.45) is 0 Å². The van der Waals surface area contributed by atoms with E-state index in [0.717, 1.165) is 13.8 Å². The molecule has 0 amide bonds. The van der Waals surface area contributed by atoms with Crippen LogP contribution in [0, 0.1) is 6.92 Å². The first kappa shape index (κ1) is 10.2. The molecule has 1 aromatic carbocycles. The molecule has 0 atom stereocenters. The molecule has 0 saturated heterocycles. The molecular formula is C10H8BrNS2. The van der Waals surface area contributed by atoms with Crippen molar-refractivity contribution in [2.75, 3.05) is 0 Å². The third-order valence-electron chi connectivity index (χ3n) is 1.67. The molecule has 0 saturated carbocycles. The first-order valence-electron chi connectivity index (χ1n) is 4.11. The zero-order valence-electron chi connectivity index (χ0n) is 7.53. The second-order valence-electron chi connectivity index (χ2n) is 2.75. The monoisotopic (exact) mass is 285 g/mol. The van der Waals surface area contributed by atoms with E-state index in [1.807, 2.05) is 25.1 Å². The minimum atomic E-state index is 1.06. The summed E-state index contributed by atoms with van der Waals surface area (Å²) in [5.74, 6) is 0. The topological polar surface area (TPSA) is 12.9 Å². The molecule has 0 spiro atoms. The lowest BCUT2D eigenvalue weighted by Gasteiger charge is -1.94. The number of halogens is 1. The molecule has 2 aromatic rings. The zero-order valence-corrected chi connectivity index (χ0v) is 10.7. The van der Waals surface area contributed by atoms with Crippen molar-refractivity contribution in [1.29, 1.82) is 0 Å². The Morgan fingerprint density at radius 1 is 1.29 bits per heavy atom. The fourth-order valence-corrected chi connectivity index (χ4v) is 3.77. The quantitative estimate of drug-likeness (QED) is 0.813. The Kier molecular flexibility index (Phi) is 3.26. The number of thiazole rings is 1. The average molecular weight is 286 g/mol. The van der Waals surface area contributed by atoms with Gasteiger partial charge in [-0.1, -0.05) is 30.0 Å². The maximum Gasteiger partial charge on any atom is 0.156 e. The molecule has 0 aliphatic heterocycles. The molecule has 4 heteroatoms. The smallest absolute Gasteiger partial charge is 0.156 e. The molecule has 0 fully saturated rings. The van der Waals surface area contributed by atoms with Gasteiger partial charge in [0.05, 0.1) is 9.48 Å². The highest BCUT2D eigenvalue weighted by Crippen LogP contribution is 2.34. The van der Waals surface area contributed by atoms with Crippen molar-refractivity contribution in [2.45, 2.75) is 16.2 Å². The number of nitrogens with zero attached hydrogens (tertiary/aromatic N) is 1. The number of hydrogen-bond acceptors (Lipinski definition) is 3. The number of hydrogen-bond donors (Lipinski definition) is 0. The summed E-state index contributed by atoms with van der Waals surface area (Å²) in [6, 6.07) is 10.3. The van der Waals surface area contributed by atoms with Crippen molar-refractivity contribution in [3.05, 3.63) is 39.8 Å². The predicted molar refractivity (Wildman–Crippen MR) is 65.1 cm³/mol. The molecule has 0 unspecified atom stereocenters. The van der Waals surface area contributed by atoms with Gasteiger partial charge >= 0.3 is 0 Å². The normalized spacial score (nSPS) is 10.4. The van der Waals surface area contributed by atoms with Gasteiger partial charge < -0.3 is 0 Å². The van der Waals surface area contributed by atoms with Gasteiger partial charge in [0.1, 0.15) is 0 Å². The van der Waals surface area contributed by atoms with Gasteiger partial charge in [-0.15, -0.1) is 11.3 Å². The summed E-state index contributed by atoms with van der Waals surface area (Å²) in [5, 5.41) is 0. The van der Waals surface area contributed by atoms with E-state index in [-0.39, 0.29) is 0 Å². The van der Waals surface area contributed by atoms with E-state index >= 15 is 0 Å². The Balaban J connectivity index is 2.19. The molecule has 14 heavy (non-hydrogen) atoms. The molecule has 0 aliphatic rings. The summed E-state index contributed by atoms with van der Waals surface area (Å²) in [7, 11) is 0. The lowest BCUT2D eigenvalue weighted by atomic mass is 10.4. The molecule has 0 N–H and O–H groups in total. The minimum Gasteiger partial charge on any atom is -0.233 e. The van der Waals surface area contributed by atoms with Crippen LogP contribution in [0.15, 0.2) is 43.4 Å². The van der Waals surface area contributed by atoms with Crippen LogP contribution in [0.5, 0.6) is 0 Å². The Morgan fingerprint density at radius 2 is 2.00 bits per heavy atom. The molecule has 1 aromatic heterocycles. The highest BCUT2D eigenvalue weighted by atomic mass is 79.9. The minimum absolute atomic E-state index is 1.06. The molecule has 72 valence electrons. The van der Waals surface area contributed by atoms with Crippen LogP contribution in [0.25, 0.3) is 0 Å². The Hall–Kier alpha value is -0.320. The van der Waals surface area contributed by atoms with Crippen LogP contribution in [0.1, 0.15) is 5.69 Å². The fourth-order valence-electron chi connectivity index (χ4n) is 0.987. The predicted octanol–water partition coefficient (Wildman–Crippen LogP) is 4.37. The van der Waals surface area contributed by atoms with Gasteiger partial charge in [-0.2, -0.15) is 0 Å². The zero-order chi connectivity index (χ0) is 9.97. The highest BCUT2D eigenvalue weighted by Gasteiger charge is 2.05. The van der Waals surface area contributed by atoms with Crippen LogP contribution in [0.4, 0.5) is 0 Å². The largest absolute Gasteiger partial charge is 0.233 e. The van der Waals surface area contributed by atoms with Gasteiger partial charge in [0.15, 0.2) is 4.34 Å². The third kappa shape index (κ3) is 2.38. The van der Waals surface area contributed by atoms with Gasteiger partial charge in [-0.25, -0.2) is 4.98 Å². The van der Waals surface area contributed by atoms with Crippen molar-refractivity contribution in [3.63, 3.8) is 0 Å². The number of rotatable bonds is 2. The van der Waals surface area contributed by atoms with Gasteiger partial charge in [0.2, 0.25) is 0 Å². The summed E-state index contributed by atoms with van der Waals surface area (Å²) < 4.78 is 2.21. The number of aromatic nitrogens is 1. The summed E-state index contributed by atoms with van der Waals surface area (Å²) >= 11 is 6.85. The van der Waals surface area contributed by atoms with Crippen LogP contribution in [-0.4, -0.2) is 4.98 Å². The lowest BCUT2D eigenvalue weighted by Crippen LogP contribution is -1.72. The maximum absolute atomic E-state index is 4.44. The van der Waals surface area contributed by atoms with Crippen molar-refractivity contribution in [1.82, 2.24) is 4.98 Å². The van der Waals surface area contributed by atoms with Crippen molar-refractivity contribution in [3.8, 4) is 0 Å². The molecular weight excluding hydrogens is 278 g/mol. The van der Waals surface area contributed by atoms with E-state index in [4.69, 9.17) is 0 Å². The Morgan fingerprint density at radius 3 is 2.57 bits per heavy atom.